The molecule has 2 aliphatic rings. The molecule has 3 nitrogen and oxygen atoms in total. The van der Waals surface area contributed by atoms with E-state index in [-0.39, 0.29) is 0 Å². The van der Waals surface area contributed by atoms with Gasteiger partial charge in [-0.3, -0.25) is 0 Å². The zero-order valence-electron chi connectivity index (χ0n) is 10.9. The molecule has 4 heteroatoms. The normalized spacial score (nSPS) is 38.8. The Kier molecular flexibility index (Phi) is 2.56. The summed E-state index contributed by atoms with van der Waals surface area (Å²) in [5.74, 6) is 0.901. The van der Waals surface area contributed by atoms with Gasteiger partial charge in [0.1, 0.15) is 0 Å². The van der Waals surface area contributed by atoms with Gasteiger partial charge < -0.3 is 5.32 Å². The monoisotopic (exact) mass is 251 g/mol. The molecule has 17 heavy (non-hydrogen) atoms. The van der Waals surface area contributed by atoms with E-state index >= 15 is 0 Å². The third kappa shape index (κ3) is 1.73. The van der Waals surface area contributed by atoms with E-state index in [0.29, 0.717) is 16.9 Å². The molecule has 0 radical (unpaired) electrons. The molecule has 94 valence electrons. The molecule has 1 aromatic heterocycles. The first-order chi connectivity index (χ1) is 8.02. The molecular weight excluding hydrogens is 230 g/mol. The summed E-state index contributed by atoms with van der Waals surface area (Å²) in [5.41, 5.74) is 2.01. The van der Waals surface area contributed by atoms with Gasteiger partial charge in [-0.25, -0.2) is 0 Å². The zero-order valence-corrected chi connectivity index (χ0v) is 11.7. The minimum atomic E-state index is 0.427. The van der Waals surface area contributed by atoms with Crippen molar-refractivity contribution in [2.24, 2.45) is 16.7 Å². The Balaban J connectivity index is 1.74. The first kappa shape index (κ1) is 11.6. The number of aromatic nitrogens is 2. The Labute approximate surface area is 107 Å². The molecule has 1 N–H and O–H groups in total. The van der Waals surface area contributed by atoms with Gasteiger partial charge in [0.2, 0.25) is 0 Å². The van der Waals surface area contributed by atoms with Gasteiger partial charge in [-0.05, 0) is 47.5 Å². The molecule has 0 aliphatic heterocycles. The summed E-state index contributed by atoms with van der Waals surface area (Å²) in [6.45, 7) is 8.18. The van der Waals surface area contributed by atoms with Crippen molar-refractivity contribution >= 4 is 11.5 Å². The van der Waals surface area contributed by atoms with Crippen molar-refractivity contribution < 1.29 is 0 Å². The van der Waals surface area contributed by atoms with Crippen molar-refractivity contribution in [2.45, 2.75) is 52.6 Å². The maximum absolute atomic E-state index is 4.12. The number of hydrogen-bond acceptors (Lipinski definition) is 4. The van der Waals surface area contributed by atoms with Crippen molar-refractivity contribution in [1.29, 1.82) is 0 Å². The third-order valence-corrected chi connectivity index (χ3v) is 5.72. The second-order valence-electron chi connectivity index (χ2n) is 6.63. The van der Waals surface area contributed by atoms with Gasteiger partial charge in [0.05, 0.1) is 5.69 Å². The molecule has 3 rings (SSSR count). The van der Waals surface area contributed by atoms with Crippen LogP contribution in [-0.4, -0.2) is 15.6 Å². The Morgan fingerprint density at radius 1 is 1.47 bits per heavy atom. The van der Waals surface area contributed by atoms with Crippen LogP contribution >= 0.6 is 11.5 Å². The molecule has 0 aromatic carbocycles. The van der Waals surface area contributed by atoms with Crippen LogP contribution in [0.4, 0.5) is 0 Å². The fourth-order valence-electron chi connectivity index (χ4n) is 4.28. The summed E-state index contributed by atoms with van der Waals surface area (Å²) in [6, 6.07) is 0.621. The van der Waals surface area contributed by atoms with Crippen molar-refractivity contribution in [3.63, 3.8) is 0 Å². The molecule has 0 saturated heterocycles. The molecule has 3 unspecified atom stereocenters. The second kappa shape index (κ2) is 3.75. The lowest BCUT2D eigenvalue weighted by atomic mass is 9.68. The van der Waals surface area contributed by atoms with E-state index in [0.717, 1.165) is 18.2 Å². The van der Waals surface area contributed by atoms with Gasteiger partial charge in [0.25, 0.3) is 0 Å². The van der Waals surface area contributed by atoms with Crippen molar-refractivity contribution in [3.8, 4) is 0 Å². The van der Waals surface area contributed by atoms with Gasteiger partial charge in [-0.1, -0.05) is 25.3 Å². The molecule has 1 aromatic rings. The summed E-state index contributed by atoms with van der Waals surface area (Å²) in [4.78, 5) is 0. The Morgan fingerprint density at radius 3 is 2.88 bits per heavy atom. The average Bonchev–Trinajstić information content (AvgIpc) is 2.90. The van der Waals surface area contributed by atoms with Crippen LogP contribution < -0.4 is 5.32 Å². The largest absolute Gasteiger partial charge is 0.307 e. The lowest BCUT2D eigenvalue weighted by Gasteiger charge is -2.43. The minimum Gasteiger partial charge on any atom is -0.307 e. The van der Waals surface area contributed by atoms with E-state index in [1.807, 2.05) is 5.38 Å². The van der Waals surface area contributed by atoms with E-state index in [1.165, 1.54) is 30.8 Å². The van der Waals surface area contributed by atoms with Crippen LogP contribution in [0.2, 0.25) is 0 Å². The summed E-state index contributed by atoms with van der Waals surface area (Å²) < 4.78 is 3.92. The highest BCUT2D eigenvalue weighted by Crippen LogP contribution is 2.62. The van der Waals surface area contributed by atoms with Gasteiger partial charge in [0, 0.05) is 18.0 Å². The highest BCUT2D eigenvalue weighted by Gasteiger charge is 2.58. The van der Waals surface area contributed by atoms with Crippen LogP contribution in [0.3, 0.4) is 0 Å². The summed E-state index contributed by atoms with van der Waals surface area (Å²) in [7, 11) is 0. The molecule has 0 amide bonds. The van der Waals surface area contributed by atoms with Crippen LogP contribution in [0.1, 0.15) is 45.7 Å². The number of nitrogens with zero attached hydrogens (tertiary/aromatic N) is 2. The smallest absolute Gasteiger partial charge is 0.0893 e. The van der Waals surface area contributed by atoms with E-state index in [4.69, 9.17) is 0 Å². The number of nitrogens with one attached hydrogen (secondary N) is 1. The van der Waals surface area contributed by atoms with Crippen molar-refractivity contribution in [3.05, 3.63) is 11.1 Å². The maximum Gasteiger partial charge on any atom is 0.0893 e. The molecule has 0 spiro atoms. The van der Waals surface area contributed by atoms with Gasteiger partial charge in [-0.2, -0.15) is 0 Å². The summed E-state index contributed by atoms with van der Waals surface area (Å²) in [5, 5.41) is 9.90. The summed E-state index contributed by atoms with van der Waals surface area (Å²) in [6.07, 6.45) is 4.20. The molecule has 2 fully saturated rings. The van der Waals surface area contributed by atoms with E-state index in [2.05, 4.69) is 35.7 Å². The predicted octanol–water partition coefficient (Wildman–Crippen LogP) is 2.84. The topological polar surface area (TPSA) is 37.8 Å². The SMILES string of the molecule is CC12CCC(C1)C(C)(C)C2NCc1csnn1. The third-order valence-electron chi connectivity index (χ3n) is 5.16. The van der Waals surface area contributed by atoms with Crippen LogP contribution in [0, 0.1) is 16.7 Å². The number of fused-ring (bicyclic) bond motifs is 2. The van der Waals surface area contributed by atoms with Gasteiger partial charge in [0.15, 0.2) is 0 Å². The Hall–Kier alpha value is -0.480. The Bertz CT molecular complexity index is 396. The lowest BCUT2D eigenvalue weighted by Crippen LogP contribution is -2.49. The predicted molar refractivity (Wildman–Crippen MR) is 69.8 cm³/mol. The summed E-state index contributed by atoms with van der Waals surface area (Å²) >= 11 is 1.44. The molecular formula is C13H21N3S. The Morgan fingerprint density at radius 2 is 2.29 bits per heavy atom. The fourth-order valence-corrected chi connectivity index (χ4v) is 4.73. The molecule has 2 saturated carbocycles. The van der Waals surface area contributed by atoms with Crippen molar-refractivity contribution in [1.82, 2.24) is 14.9 Å². The highest BCUT2D eigenvalue weighted by atomic mass is 32.1. The van der Waals surface area contributed by atoms with E-state index < -0.39 is 0 Å². The molecule has 1 heterocycles. The van der Waals surface area contributed by atoms with Crippen LogP contribution in [-0.2, 0) is 6.54 Å². The first-order valence-electron chi connectivity index (χ1n) is 6.52. The first-order valence-corrected chi connectivity index (χ1v) is 7.35. The van der Waals surface area contributed by atoms with Crippen LogP contribution in [0.25, 0.3) is 0 Å². The van der Waals surface area contributed by atoms with Crippen LogP contribution in [0.15, 0.2) is 5.38 Å². The lowest BCUT2D eigenvalue weighted by molar-refractivity contribution is 0.107. The average molecular weight is 251 g/mol. The quantitative estimate of drug-likeness (QED) is 0.897. The van der Waals surface area contributed by atoms with E-state index in [1.54, 1.807) is 0 Å². The van der Waals surface area contributed by atoms with Gasteiger partial charge >= 0.3 is 0 Å². The standard InChI is InChI=1S/C13H21N3S/c1-12(2)9-4-5-13(3,6-9)11(12)14-7-10-8-17-16-15-10/h8-9,11,14H,4-7H2,1-3H3. The van der Waals surface area contributed by atoms with Crippen LogP contribution in [0.5, 0.6) is 0 Å². The number of hydrogen-bond donors (Lipinski definition) is 1. The molecule has 2 bridgehead atoms. The fraction of sp³-hybridized carbons (Fsp3) is 0.846. The van der Waals surface area contributed by atoms with E-state index in [9.17, 15) is 0 Å². The maximum atomic E-state index is 4.12. The van der Waals surface area contributed by atoms with Gasteiger partial charge in [-0.15, -0.1) is 5.10 Å². The molecule has 2 aliphatic carbocycles. The zero-order chi connectivity index (χ0) is 12.1. The molecule has 3 atom stereocenters. The minimum absolute atomic E-state index is 0.427. The number of rotatable bonds is 3. The second-order valence-corrected chi connectivity index (χ2v) is 7.24. The van der Waals surface area contributed by atoms with Crippen molar-refractivity contribution in [2.75, 3.05) is 0 Å². The highest BCUT2D eigenvalue weighted by molar-refractivity contribution is 7.03.